The minimum absolute atomic E-state index is 0.0674. The Hall–Kier alpha value is -2.66. The first-order chi connectivity index (χ1) is 15.1. The van der Waals surface area contributed by atoms with Crippen LogP contribution in [0.3, 0.4) is 0 Å². The SMILES string of the molecule is CC(NC(=O)CSc1nc2c(c(-c3cccs3)c1C#N)CN(C)CC2)c1ccccc1. The zero-order valence-electron chi connectivity index (χ0n) is 17.6. The highest BCUT2D eigenvalue weighted by molar-refractivity contribution is 8.00. The standard InChI is InChI=1S/C24H24N4OS2/c1-16(17-7-4-3-5-8-17)26-22(29)15-31-24-18(13-25)23(21-9-6-12-30-21)19-14-28(2)11-10-20(19)27-24/h3-9,12,16H,10-11,14-15H2,1-2H3,(H,26,29). The van der Waals surface area contributed by atoms with Crippen LogP contribution >= 0.6 is 23.1 Å². The van der Waals surface area contributed by atoms with Crippen molar-refractivity contribution in [1.82, 2.24) is 15.2 Å². The molecule has 1 aromatic carbocycles. The van der Waals surface area contributed by atoms with Crippen molar-refractivity contribution in [3.63, 3.8) is 0 Å². The molecule has 0 bridgehead atoms. The Labute approximate surface area is 191 Å². The average Bonchev–Trinajstić information content (AvgIpc) is 3.31. The number of thiophene rings is 1. The smallest absolute Gasteiger partial charge is 0.230 e. The number of nitriles is 1. The lowest BCUT2D eigenvalue weighted by molar-refractivity contribution is -0.119. The van der Waals surface area contributed by atoms with Gasteiger partial charge in [0.15, 0.2) is 0 Å². The summed E-state index contributed by atoms with van der Waals surface area (Å²) in [7, 11) is 2.09. The monoisotopic (exact) mass is 448 g/mol. The number of pyridine rings is 1. The molecule has 4 rings (SSSR count). The van der Waals surface area contributed by atoms with E-state index in [1.54, 1.807) is 11.3 Å². The van der Waals surface area contributed by atoms with Gasteiger partial charge in [0.1, 0.15) is 11.1 Å². The number of nitrogens with zero attached hydrogens (tertiary/aromatic N) is 3. The van der Waals surface area contributed by atoms with Gasteiger partial charge in [-0.05, 0) is 36.5 Å². The number of fused-ring (bicyclic) bond motifs is 1. The normalized spacial score (nSPS) is 14.5. The second-order valence-electron chi connectivity index (χ2n) is 7.66. The summed E-state index contributed by atoms with van der Waals surface area (Å²) in [5, 5.41) is 15.7. The molecule has 31 heavy (non-hydrogen) atoms. The zero-order chi connectivity index (χ0) is 21.8. The molecule has 1 aliphatic rings. The molecule has 3 aromatic rings. The number of nitrogens with one attached hydrogen (secondary N) is 1. The summed E-state index contributed by atoms with van der Waals surface area (Å²) in [4.78, 5) is 20.8. The molecule has 7 heteroatoms. The van der Waals surface area contributed by atoms with Crippen molar-refractivity contribution in [2.75, 3.05) is 19.3 Å². The van der Waals surface area contributed by atoms with E-state index in [0.29, 0.717) is 10.6 Å². The predicted molar refractivity (Wildman–Crippen MR) is 126 cm³/mol. The van der Waals surface area contributed by atoms with Gasteiger partial charge in [0, 0.05) is 35.6 Å². The van der Waals surface area contributed by atoms with Crippen LogP contribution in [0.15, 0.2) is 52.9 Å². The Morgan fingerprint density at radius 1 is 1.32 bits per heavy atom. The van der Waals surface area contributed by atoms with Gasteiger partial charge >= 0.3 is 0 Å². The van der Waals surface area contributed by atoms with Gasteiger partial charge in [-0.25, -0.2) is 4.98 Å². The molecule has 1 atom stereocenters. The first kappa shape index (κ1) is 21.6. The van der Waals surface area contributed by atoms with E-state index in [-0.39, 0.29) is 17.7 Å². The zero-order valence-corrected chi connectivity index (χ0v) is 19.2. The van der Waals surface area contributed by atoms with Gasteiger partial charge in [-0.1, -0.05) is 48.2 Å². The van der Waals surface area contributed by atoms with Crippen molar-refractivity contribution in [1.29, 1.82) is 5.26 Å². The van der Waals surface area contributed by atoms with Crippen LogP contribution in [-0.4, -0.2) is 35.1 Å². The molecule has 158 valence electrons. The second-order valence-corrected chi connectivity index (χ2v) is 9.57. The van der Waals surface area contributed by atoms with Crippen LogP contribution in [-0.2, 0) is 17.8 Å². The third-order valence-electron chi connectivity index (χ3n) is 5.41. The fraction of sp³-hybridized carbons (Fsp3) is 0.292. The number of rotatable bonds is 6. The van der Waals surface area contributed by atoms with Crippen molar-refractivity contribution < 1.29 is 4.79 Å². The molecule has 2 aromatic heterocycles. The Balaban J connectivity index is 1.58. The second kappa shape index (κ2) is 9.65. The summed E-state index contributed by atoms with van der Waals surface area (Å²) in [6.45, 7) is 3.69. The molecule has 0 saturated heterocycles. The van der Waals surface area contributed by atoms with Gasteiger partial charge in [-0.2, -0.15) is 5.26 Å². The van der Waals surface area contributed by atoms with E-state index in [0.717, 1.165) is 46.8 Å². The minimum atomic E-state index is -0.0709. The maximum absolute atomic E-state index is 12.6. The van der Waals surface area contributed by atoms with Gasteiger partial charge < -0.3 is 10.2 Å². The third-order valence-corrected chi connectivity index (χ3v) is 7.27. The minimum Gasteiger partial charge on any atom is -0.349 e. The van der Waals surface area contributed by atoms with Crippen LogP contribution in [0.2, 0.25) is 0 Å². The number of likely N-dealkylation sites (N-methyl/N-ethyl adjacent to an activating group) is 1. The number of aromatic nitrogens is 1. The summed E-state index contributed by atoms with van der Waals surface area (Å²) < 4.78 is 0. The van der Waals surface area contributed by atoms with Gasteiger partial charge in [0.05, 0.1) is 17.4 Å². The molecular weight excluding hydrogens is 424 g/mol. The number of benzene rings is 1. The molecule has 3 heterocycles. The highest BCUT2D eigenvalue weighted by Gasteiger charge is 2.25. The van der Waals surface area contributed by atoms with E-state index in [2.05, 4.69) is 29.4 Å². The number of carbonyl (C=O) groups excluding carboxylic acids is 1. The molecular formula is C24H24N4OS2. The van der Waals surface area contributed by atoms with E-state index in [1.165, 1.54) is 11.8 Å². The van der Waals surface area contributed by atoms with E-state index >= 15 is 0 Å². The summed E-state index contributed by atoms with van der Waals surface area (Å²) in [6.07, 6.45) is 0.848. The lowest BCUT2D eigenvalue weighted by Gasteiger charge is -2.27. The first-order valence-electron chi connectivity index (χ1n) is 10.2. The van der Waals surface area contributed by atoms with Crippen molar-refractivity contribution in [2.24, 2.45) is 0 Å². The Morgan fingerprint density at radius 3 is 2.84 bits per heavy atom. The molecule has 0 spiro atoms. The first-order valence-corrected chi connectivity index (χ1v) is 12.1. The number of hydrogen-bond donors (Lipinski definition) is 1. The van der Waals surface area contributed by atoms with E-state index in [1.807, 2.05) is 48.7 Å². The molecule has 5 nitrogen and oxygen atoms in total. The summed E-state index contributed by atoms with van der Waals surface area (Å²) >= 11 is 2.98. The Morgan fingerprint density at radius 2 is 2.13 bits per heavy atom. The molecule has 0 radical (unpaired) electrons. The topological polar surface area (TPSA) is 69.0 Å². The highest BCUT2D eigenvalue weighted by Crippen LogP contribution is 2.38. The lowest BCUT2D eigenvalue weighted by Crippen LogP contribution is -2.29. The quantitative estimate of drug-likeness (QED) is 0.557. The van der Waals surface area contributed by atoms with Crippen LogP contribution in [0, 0.1) is 11.3 Å². The molecule has 1 unspecified atom stereocenters. The maximum Gasteiger partial charge on any atom is 0.230 e. The van der Waals surface area contributed by atoms with Gasteiger partial charge in [0.25, 0.3) is 0 Å². The Kier molecular flexibility index (Phi) is 6.71. The van der Waals surface area contributed by atoms with Crippen molar-refractivity contribution in [3.8, 4) is 16.5 Å². The Bertz CT molecular complexity index is 1110. The van der Waals surface area contributed by atoms with Gasteiger partial charge in [-0.15, -0.1) is 11.3 Å². The van der Waals surface area contributed by atoms with Crippen LogP contribution in [0.1, 0.15) is 35.3 Å². The molecule has 1 amide bonds. The van der Waals surface area contributed by atoms with Gasteiger partial charge in [0.2, 0.25) is 5.91 Å². The molecule has 0 saturated carbocycles. The van der Waals surface area contributed by atoms with Crippen LogP contribution in [0.25, 0.3) is 10.4 Å². The number of hydrogen-bond acceptors (Lipinski definition) is 6. The number of thioether (sulfide) groups is 1. The summed E-state index contributed by atoms with van der Waals surface area (Å²) in [5.74, 6) is 0.156. The fourth-order valence-corrected chi connectivity index (χ4v) is 5.44. The van der Waals surface area contributed by atoms with Crippen molar-refractivity contribution in [2.45, 2.75) is 31.0 Å². The van der Waals surface area contributed by atoms with Crippen LogP contribution < -0.4 is 5.32 Å². The summed E-state index contributed by atoms with van der Waals surface area (Å²) in [6, 6.07) is 16.3. The number of amides is 1. The highest BCUT2D eigenvalue weighted by atomic mass is 32.2. The molecule has 1 aliphatic heterocycles. The molecule has 1 N–H and O–H groups in total. The van der Waals surface area contributed by atoms with Crippen molar-refractivity contribution in [3.05, 3.63) is 70.2 Å². The third kappa shape index (κ3) is 4.82. The average molecular weight is 449 g/mol. The van der Waals surface area contributed by atoms with E-state index in [9.17, 15) is 10.1 Å². The number of carbonyl (C=O) groups is 1. The fourth-order valence-electron chi connectivity index (χ4n) is 3.81. The predicted octanol–water partition coefficient (Wildman–Crippen LogP) is 4.64. The molecule has 0 aliphatic carbocycles. The largest absolute Gasteiger partial charge is 0.349 e. The maximum atomic E-state index is 12.6. The lowest BCUT2D eigenvalue weighted by atomic mass is 9.96. The van der Waals surface area contributed by atoms with E-state index in [4.69, 9.17) is 4.98 Å². The van der Waals surface area contributed by atoms with Crippen LogP contribution in [0.4, 0.5) is 0 Å². The van der Waals surface area contributed by atoms with E-state index < -0.39 is 0 Å². The van der Waals surface area contributed by atoms with Crippen molar-refractivity contribution >= 4 is 29.0 Å². The van der Waals surface area contributed by atoms with Crippen LogP contribution in [0.5, 0.6) is 0 Å². The van der Waals surface area contributed by atoms with Gasteiger partial charge in [-0.3, -0.25) is 4.79 Å². The molecule has 0 fully saturated rings. The summed E-state index contributed by atoms with van der Waals surface area (Å²) in [5.41, 5.74) is 4.80.